The maximum atomic E-state index is 12.1. The van der Waals surface area contributed by atoms with Crippen LogP contribution in [0.1, 0.15) is 61.6 Å². The molecule has 2 aromatic carbocycles. The van der Waals surface area contributed by atoms with Gasteiger partial charge in [0.1, 0.15) is 0 Å². The van der Waals surface area contributed by atoms with Gasteiger partial charge in [-0.3, -0.25) is 4.79 Å². The predicted molar refractivity (Wildman–Crippen MR) is 126 cm³/mol. The van der Waals surface area contributed by atoms with E-state index in [2.05, 4.69) is 22.0 Å². The quantitative estimate of drug-likeness (QED) is 0.455. The number of ether oxygens (including phenoxy) is 1. The first-order valence-corrected chi connectivity index (χ1v) is 11.7. The Labute approximate surface area is 191 Å². The normalized spacial score (nSPS) is 14.0. The number of hydrogen-bond acceptors (Lipinski definition) is 3. The Morgan fingerprint density at radius 2 is 1.56 bits per heavy atom. The molecule has 0 radical (unpaired) electrons. The Bertz CT molecular complexity index is 835. The minimum atomic E-state index is -0.122. The second-order valence-electron chi connectivity index (χ2n) is 8.41. The van der Waals surface area contributed by atoms with Gasteiger partial charge in [0, 0.05) is 25.6 Å². The summed E-state index contributed by atoms with van der Waals surface area (Å²) in [7, 11) is 0. The third kappa shape index (κ3) is 9.10. The molecular formula is C26H35N3O3. The van der Waals surface area contributed by atoms with Crippen LogP contribution in [0.4, 0.5) is 4.79 Å². The number of rotatable bonds is 11. The number of amides is 3. The summed E-state index contributed by atoms with van der Waals surface area (Å²) < 4.78 is 5.79. The molecule has 6 nitrogen and oxygen atoms in total. The summed E-state index contributed by atoms with van der Waals surface area (Å²) in [5, 5.41) is 8.83. The van der Waals surface area contributed by atoms with Crippen molar-refractivity contribution in [1.29, 1.82) is 0 Å². The molecule has 0 saturated heterocycles. The Hall–Kier alpha value is -2.86. The summed E-state index contributed by atoms with van der Waals surface area (Å²) in [4.78, 5) is 24.0. The molecule has 1 fully saturated rings. The van der Waals surface area contributed by atoms with E-state index in [1.165, 1.54) is 19.3 Å². The second-order valence-corrected chi connectivity index (χ2v) is 8.41. The zero-order valence-electron chi connectivity index (χ0n) is 18.8. The average Bonchev–Trinajstić information content (AvgIpc) is 2.82. The summed E-state index contributed by atoms with van der Waals surface area (Å²) in [5.41, 5.74) is 3.28. The van der Waals surface area contributed by atoms with Crippen LogP contribution in [0, 0.1) is 0 Å². The lowest BCUT2D eigenvalue weighted by Gasteiger charge is -2.22. The number of carbonyl (C=O) groups excluding carboxylic acids is 2. The highest BCUT2D eigenvalue weighted by atomic mass is 16.5. The molecule has 0 spiro atoms. The van der Waals surface area contributed by atoms with E-state index in [9.17, 15) is 9.59 Å². The largest absolute Gasteiger partial charge is 0.372 e. The molecule has 1 aliphatic rings. The Morgan fingerprint density at radius 1 is 0.844 bits per heavy atom. The number of carbonyl (C=O) groups is 2. The summed E-state index contributed by atoms with van der Waals surface area (Å²) in [5.74, 6) is -0.00906. The topological polar surface area (TPSA) is 79.5 Å². The van der Waals surface area contributed by atoms with Crippen molar-refractivity contribution in [2.45, 2.75) is 70.7 Å². The fourth-order valence-corrected chi connectivity index (χ4v) is 3.91. The highest BCUT2D eigenvalue weighted by Gasteiger charge is 2.15. The molecule has 32 heavy (non-hydrogen) atoms. The minimum absolute atomic E-state index is 0.00906. The molecule has 3 N–H and O–H groups in total. The maximum Gasteiger partial charge on any atom is 0.315 e. The first-order chi connectivity index (χ1) is 15.7. The van der Waals surface area contributed by atoms with Crippen LogP contribution in [0.2, 0.25) is 0 Å². The number of urea groups is 1. The first kappa shape index (κ1) is 23.8. The molecule has 1 aliphatic carbocycles. The van der Waals surface area contributed by atoms with Crippen LogP contribution >= 0.6 is 0 Å². The second kappa shape index (κ2) is 13.5. The maximum absolute atomic E-state index is 12.1. The lowest BCUT2D eigenvalue weighted by Crippen LogP contribution is -2.43. The lowest BCUT2D eigenvalue weighted by atomic mass is 9.96. The number of nitrogens with one attached hydrogen (secondary N) is 3. The van der Waals surface area contributed by atoms with Crippen LogP contribution in [-0.4, -0.2) is 24.5 Å². The van der Waals surface area contributed by atoms with Crippen molar-refractivity contribution in [1.82, 2.24) is 16.0 Å². The minimum Gasteiger partial charge on any atom is -0.372 e. The van der Waals surface area contributed by atoms with Crippen LogP contribution in [0.15, 0.2) is 54.6 Å². The van der Waals surface area contributed by atoms with Gasteiger partial charge >= 0.3 is 6.03 Å². The van der Waals surface area contributed by atoms with Crippen molar-refractivity contribution >= 4 is 11.9 Å². The summed E-state index contributed by atoms with van der Waals surface area (Å²) in [6, 6.07) is 18.3. The molecule has 0 bridgehead atoms. The van der Waals surface area contributed by atoms with E-state index in [1.54, 1.807) is 0 Å². The number of hydrogen-bond donors (Lipinski definition) is 3. The molecule has 6 heteroatoms. The lowest BCUT2D eigenvalue weighted by molar-refractivity contribution is -0.121. The van der Waals surface area contributed by atoms with E-state index in [1.807, 2.05) is 48.5 Å². The Morgan fingerprint density at radius 3 is 2.38 bits per heavy atom. The van der Waals surface area contributed by atoms with Crippen LogP contribution in [0.5, 0.6) is 0 Å². The molecule has 3 rings (SSSR count). The van der Waals surface area contributed by atoms with E-state index in [-0.39, 0.29) is 11.9 Å². The summed E-state index contributed by atoms with van der Waals surface area (Å²) in [6.45, 7) is 2.10. The van der Waals surface area contributed by atoms with Crippen LogP contribution in [-0.2, 0) is 29.3 Å². The molecule has 2 aromatic rings. The summed E-state index contributed by atoms with van der Waals surface area (Å²) >= 11 is 0. The average molecular weight is 438 g/mol. The third-order valence-electron chi connectivity index (χ3n) is 5.67. The number of benzene rings is 2. The van der Waals surface area contributed by atoms with Crippen molar-refractivity contribution in [2.75, 3.05) is 6.54 Å². The molecule has 0 aliphatic heterocycles. The third-order valence-corrected chi connectivity index (χ3v) is 5.67. The Balaban J connectivity index is 1.27. The zero-order valence-corrected chi connectivity index (χ0v) is 18.8. The zero-order chi connectivity index (χ0) is 22.4. The van der Waals surface area contributed by atoms with Gasteiger partial charge in [-0.1, -0.05) is 73.9 Å². The summed E-state index contributed by atoms with van der Waals surface area (Å²) in [6.07, 6.45) is 6.79. The van der Waals surface area contributed by atoms with Gasteiger partial charge in [0.05, 0.1) is 13.2 Å². The van der Waals surface area contributed by atoms with Gasteiger partial charge in [0.2, 0.25) is 5.91 Å². The van der Waals surface area contributed by atoms with Gasteiger partial charge in [-0.25, -0.2) is 4.79 Å². The molecule has 0 heterocycles. The fourth-order valence-electron chi connectivity index (χ4n) is 3.91. The monoisotopic (exact) mass is 437 g/mol. The van der Waals surface area contributed by atoms with Crippen LogP contribution in [0.3, 0.4) is 0 Å². The van der Waals surface area contributed by atoms with Crippen molar-refractivity contribution in [3.05, 3.63) is 71.3 Å². The molecule has 3 amide bonds. The van der Waals surface area contributed by atoms with Crippen molar-refractivity contribution in [3.8, 4) is 0 Å². The van der Waals surface area contributed by atoms with Gasteiger partial charge in [-0.15, -0.1) is 0 Å². The van der Waals surface area contributed by atoms with Crippen molar-refractivity contribution in [3.63, 3.8) is 0 Å². The molecular weight excluding hydrogens is 402 g/mol. The smallest absolute Gasteiger partial charge is 0.315 e. The fraction of sp³-hybridized carbons (Fsp3) is 0.462. The first-order valence-electron chi connectivity index (χ1n) is 11.7. The van der Waals surface area contributed by atoms with Gasteiger partial charge in [-0.05, 0) is 36.0 Å². The molecule has 172 valence electrons. The standard InChI is InChI=1S/C26H35N3O3/c30-25(15-8-16-27-26(31)29-24-13-5-2-6-14-24)28-18-22-11-7-12-23(17-22)20-32-19-21-9-3-1-4-10-21/h1,3-4,7,9-12,17,24H,2,5-6,8,13-16,18-20H2,(H,28,30)(H2,27,29,31). The van der Waals surface area contributed by atoms with Crippen molar-refractivity contribution < 1.29 is 14.3 Å². The predicted octanol–water partition coefficient (Wildman–Crippen LogP) is 4.43. The van der Waals surface area contributed by atoms with Gasteiger partial charge < -0.3 is 20.7 Å². The van der Waals surface area contributed by atoms with E-state index >= 15 is 0 Å². The molecule has 0 atom stereocenters. The van der Waals surface area contributed by atoms with E-state index in [0.717, 1.165) is 29.5 Å². The van der Waals surface area contributed by atoms with Gasteiger partial charge in [-0.2, -0.15) is 0 Å². The highest BCUT2D eigenvalue weighted by molar-refractivity contribution is 5.76. The van der Waals surface area contributed by atoms with Gasteiger partial charge in [0.25, 0.3) is 0 Å². The van der Waals surface area contributed by atoms with Crippen LogP contribution < -0.4 is 16.0 Å². The molecule has 1 saturated carbocycles. The van der Waals surface area contributed by atoms with Crippen LogP contribution in [0.25, 0.3) is 0 Å². The van der Waals surface area contributed by atoms with E-state index in [0.29, 0.717) is 45.2 Å². The van der Waals surface area contributed by atoms with Crippen molar-refractivity contribution in [2.24, 2.45) is 0 Å². The van der Waals surface area contributed by atoms with Gasteiger partial charge in [0.15, 0.2) is 0 Å². The van der Waals surface area contributed by atoms with E-state index < -0.39 is 0 Å². The highest BCUT2D eigenvalue weighted by Crippen LogP contribution is 2.17. The molecule has 0 unspecified atom stereocenters. The SMILES string of the molecule is O=C(CCCNC(=O)NC1CCCCC1)NCc1cccc(COCc2ccccc2)c1. The van der Waals surface area contributed by atoms with E-state index in [4.69, 9.17) is 4.74 Å². The Kier molecular flexibility index (Phi) is 10.1. The molecule has 0 aromatic heterocycles.